The van der Waals surface area contributed by atoms with Gasteiger partial charge in [-0.3, -0.25) is 9.59 Å². The van der Waals surface area contributed by atoms with Gasteiger partial charge in [0.05, 0.1) is 41.0 Å². The highest BCUT2D eigenvalue weighted by Gasteiger charge is 2.49. The minimum absolute atomic E-state index is 0. The molecule has 21 heteroatoms. The van der Waals surface area contributed by atoms with Gasteiger partial charge in [0.1, 0.15) is 54.3 Å². The monoisotopic (exact) mass is 946 g/mol. The van der Waals surface area contributed by atoms with E-state index in [1.165, 1.54) is 11.8 Å². The van der Waals surface area contributed by atoms with E-state index < -0.39 is 108 Å². The molecule has 0 bridgehead atoms. The molecule has 0 spiro atoms. The van der Waals surface area contributed by atoms with Crippen molar-refractivity contribution in [3.05, 3.63) is 0 Å². The first-order valence-electron chi connectivity index (χ1n) is 21.1. The van der Waals surface area contributed by atoms with Crippen molar-refractivity contribution in [1.29, 1.82) is 0 Å². The summed E-state index contributed by atoms with van der Waals surface area (Å²) >= 11 is 13.7. The lowest BCUT2D eigenvalue weighted by Gasteiger charge is -2.44. The van der Waals surface area contributed by atoms with Crippen molar-refractivity contribution in [2.24, 2.45) is 11.8 Å². The number of hydrogen-bond donors (Lipinski definition) is 10. The standard InChI is InChI=1S/C20H35ClF2N2O5.C19H33ClF2N2O5S.CH4/c1-10(21)15(19-18(28)17(27)16(26)11(2)30-19)25-20(29)13-7-6-12(8-9-24-13)4-3-5-14(22)23;1-9(20)13(17-15(26)14(25)16(27)19(29-17)30-2)24-18(28)11-5-3-10(7-8-23-11)4-6-12(21)22;/h10-19,24,26-28H,3-9H2,1-2H3,(H,25,29);9-17,19,23,25-27H,3-8H2,1-2H3,(H,24,28);1H4/t10-,11+,12-,13-,15+,16-,17+,18+,19+;9-,10+,11-,13+,14-,15+,16+,17+,19+;/m00./s1. The Kier molecular flexibility index (Phi) is 25.5. The Morgan fingerprint density at radius 2 is 1.11 bits per heavy atom. The average Bonchev–Trinajstić information content (AvgIpc) is 3.59. The third-order valence-corrected chi connectivity index (χ3v) is 13.5. The van der Waals surface area contributed by atoms with Crippen molar-refractivity contribution in [1.82, 2.24) is 21.3 Å². The van der Waals surface area contributed by atoms with Crippen LogP contribution in [0, 0.1) is 11.8 Å². The molecule has 18 atom stereocenters. The van der Waals surface area contributed by atoms with E-state index in [2.05, 4.69) is 21.3 Å². The maximum Gasteiger partial charge on any atom is 0.238 e. The van der Waals surface area contributed by atoms with Crippen molar-refractivity contribution in [3.8, 4) is 0 Å². The zero-order valence-corrected chi connectivity index (χ0v) is 37.1. The van der Waals surface area contributed by atoms with Crippen LogP contribution in [0.3, 0.4) is 0 Å². The molecule has 0 aromatic heterocycles. The third-order valence-electron chi connectivity index (χ3n) is 12.1. The summed E-state index contributed by atoms with van der Waals surface area (Å²) in [6.07, 6.45) is -8.24. The molecule has 2 amide bonds. The Hall–Kier alpha value is -0.810. The Bertz CT molecular complexity index is 1280. The van der Waals surface area contributed by atoms with Gasteiger partial charge in [-0.05, 0) is 103 Å². The first-order chi connectivity index (χ1) is 28.3. The van der Waals surface area contributed by atoms with Crippen LogP contribution in [-0.2, 0) is 19.1 Å². The molecule has 0 aromatic carbocycles. The highest BCUT2D eigenvalue weighted by molar-refractivity contribution is 7.99. The number of alkyl halides is 6. The molecule has 0 unspecified atom stereocenters. The summed E-state index contributed by atoms with van der Waals surface area (Å²) in [4.78, 5) is 25.8. The van der Waals surface area contributed by atoms with Crippen LogP contribution in [0.1, 0.15) is 98.8 Å². The number of rotatable bonds is 16. The lowest BCUT2D eigenvalue weighted by molar-refractivity contribution is -0.223. The van der Waals surface area contributed by atoms with Crippen LogP contribution in [0.15, 0.2) is 0 Å². The minimum atomic E-state index is -2.31. The van der Waals surface area contributed by atoms with E-state index >= 15 is 0 Å². The minimum Gasteiger partial charge on any atom is -0.388 e. The van der Waals surface area contributed by atoms with Gasteiger partial charge in [0.15, 0.2) is 0 Å². The number of ether oxygens (including phenoxy) is 2. The molecule has 0 radical (unpaired) electrons. The van der Waals surface area contributed by atoms with Crippen LogP contribution in [0.25, 0.3) is 0 Å². The van der Waals surface area contributed by atoms with Gasteiger partial charge >= 0.3 is 0 Å². The quantitative estimate of drug-likeness (QED) is 0.0796. The lowest BCUT2D eigenvalue weighted by Crippen LogP contribution is -2.65. The number of hydrogen-bond acceptors (Lipinski definition) is 13. The predicted octanol–water partition coefficient (Wildman–Crippen LogP) is 2.87. The number of halogens is 6. The van der Waals surface area contributed by atoms with Gasteiger partial charge in [0.2, 0.25) is 24.7 Å². The topological polar surface area (TPSA) is 222 Å². The maximum atomic E-state index is 12.9. The van der Waals surface area contributed by atoms with E-state index in [9.17, 15) is 57.8 Å². The number of carbonyl (C=O) groups excluding carboxylic acids is 2. The molecule has 61 heavy (non-hydrogen) atoms. The zero-order valence-electron chi connectivity index (χ0n) is 34.7. The summed E-state index contributed by atoms with van der Waals surface area (Å²) in [5.41, 5.74) is -0.769. The second kappa shape index (κ2) is 27.6. The van der Waals surface area contributed by atoms with E-state index in [4.69, 9.17) is 32.7 Å². The van der Waals surface area contributed by atoms with Gasteiger partial charge in [-0.25, -0.2) is 17.6 Å². The number of aliphatic hydroxyl groups excluding tert-OH is 6. The van der Waals surface area contributed by atoms with Gasteiger partial charge < -0.3 is 61.4 Å². The Labute approximate surface area is 372 Å². The highest BCUT2D eigenvalue weighted by atomic mass is 35.5. The molecule has 14 nitrogen and oxygen atoms in total. The fourth-order valence-corrected chi connectivity index (χ4v) is 9.45. The summed E-state index contributed by atoms with van der Waals surface area (Å²) in [7, 11) is 0. The molecule has 0 aromatic rings. The van der Waals surface area contributed by atoms with Crippen molar-refractivity contribution < 1.29 is 67.3 Å². The first-order valence-corrected chi connectivity index (χ1v) is 23.3. The number of amides is 2. The first kappa shape index (κ1) is 56.3. The van der Waals surface area contributed by atoms with Crippen molar-refractivity contribution in [2.45, 2.75) is 207 Å². The normalized spacial score (nSPS) is 36.8. The van der Waals surface area contributed by atoms with E-state index in [0.29, 0.717) is 51.1 Å². The zero-order chi connectivity index (χ0) is 44.8. The van der Waals surface area contributed by atoms with E-state index in [0.717, 1.165) is 25.7 Å². The van der Waals surface area contributed by atoms with Crippen LogP contribution in [0.5, 0.6) is 0 Å². The number of thioether (sulfide) groups is 1. The third kappa shape index (κ3) is 17.2. The molecular formula is C40H72Cl2F4N4O10S. The largest absolute Gasteiger partial charge is 0.388 e. The lowest BCUT2D eigenvalue weighted by atomic mass is 9.90. The van der Waals surface area contributed by atoms with Gasteiger partial charge in [-0.2, -0.15) is 0 Å². The van der Waals surface area contributed by atoms with Crippen molar-refractivity contribution >= 4 is 46.8 Å². The highest BCUT2D eigenvalue weighted by Crippen LogP contribution is 2.31. The predicted molar refractivity (Wildman–Crippen MR) is 227 cm³/mol. The Morgan fingerprint density at radius 3 is 1.56 bits per heavy atom. The van der Waals surface area contributed by atoms with Gasteiger partial charge in [0, 0.05) is 12.8 Å². The molecular weight excluding hydrogens is 875 g/mol. The van der Waals surface area contributed by atoms with Gasteiger partial charge in [0.25, 0.3) is 0 Å². The molecule has 4 fully saturated rings. The van der Waals surface area contributed by atoms with Crippen LogP contribution in [0.2, 0.25) is 0 Å². The summed E-state index contributed by atoms with van der Waals surface area (Å²) in [5, 5.41) is 71.7. The van der Waals surface area contributed by atoms with Gasteiger partial charge in [-0.15, -0.1) is 35.0 Å². The van der Waals surface area contributed by atoms with Crippen LogP contribution in [0.4, 0.5) is 17.6 Å². The molecule has 10 N–H and O–H groups in total. The van der Waals surface area contributed by atoms with Crippen molar-refractivity contribution in [2.75, 3.05) is 19.3 Å². The van der Waals surface area contributed by atoms with E-state index in [1.54, 1.807) is 27.0 Å². The molecule has 4 aliphatic rings. The number of nitrogens with one attached hydrogen (secondary N) is 4. The fraction of sp³-hybridized carbons (Fsp3) is 0.950. The fourth-order valence-electron chi connectivity index (χ4n) is 8.36. The molecule has 0 aliphatic carbocycles. The molecule has 360 valence electrons. The van der Waals surface area contributed by atoms with Crippen molar-refractivity contribution in [3.63, 3.8) is 0 Å². The summed E-state index contributed by atoms with van der Waals surface area (Å²) in [5.74, 6) is -0.156. The Balaban J connectivity index is 0.000000413. The van der Waals surface area contributed by atoms with Crippen LogP contribution < -0.4 is 21.3 Å². The molecule has 4 heterocycles. The molecule has 0 saturated carbocycles. The molecule has 4 aliphatic heterocycles. The summed E-state index contributed by atoms with van der Waals surface area (Å²) < 4.78 is 61.0. The molecule has 4 saturated heterocycles. The van der Waals surface area contributed by atoms with Crippen LogP contribution >= 0.6 is 35.0 Å². The summed E-state index contributed by atoms with van der Waals surface area (Å²) in [6, 6.07) is -2.54. The Morgan fingerprint density at radius 1 is 0.672 bits per heavy atom. The average molecular weight is 948 g/mol. The number of aliphatic hydroxyl groups is 6. The summed E-state index contributed by atoms with van der Waals surface area (Å²) in [6.45, 7) is 6.04. The smallest absolute Gasteiger partial charge is 0.238 e. The number of carbonyl (C=O) groups is 2. The SMILES string of the molecule is C.CS[C@H]1O[C@H]([C@H](NC(=O)[C@@H]2CC[C@H](CCC(F)F)CCN2)[C@H](C)Cl)[C@H](O)[C@H](O)[C@H]1O.C[C@H](Cl)[C@@H](NC(=O)[C@@H]1CC[C@H](CCCC(F)F)CCN1)[C@H]1O[C@H](C)[C@H](O)[C@@H](O)[C@H]1O. The second-order valence-electron chi connectivity index (χ2n) is 16.6. The van der Waals surface area contributed by atoms with E-state index in [-0.39, 0.29) is 38.0 Å². The van der Waals surface area contributed by atoms with Crippen LogP contribution in [-0.4, -0.2) is 170 Å². The maximum absolute atomic E-state index is 12.9. The van der Waals surface area contributed by atoms with E-state index in [1.807, 2.05) is 0 Å². The second-order valence-corrected chi connectivity index (χ2v) is 19.0. The van der Waals surface area contributed by atoms with Gasteiger partial charge in [-0.1, -0.05) is 13.8 Å². The molecule has 4 rings (SSSR count).